The van der Waals surface area contributed by atoms with Gasteiger partial charge in [0.05, 0.1) is 11.8 Å². The predicted octanol–water partition coefficient (Wildman–Crippen LogP) is 3.91. The van der Waals surface area contributed by atoms with E-state index < -0.39 is 0 Å². The molecule has 0 aliphatic heterocycles. The third-order valence-electron chi connectivity index (χ3n) is 5.37. The summed E-state index contributed by atoms with van der Waals surface area (Å²) in [5, 5.41) is 7.33. The first-order valence-corrected chi connectivity index (χ1v) is 9.24. The average Bonchev–Trinajstić information content (AvgIpc) is 3.21. The summed E-state index contributed by atoms with van der Waals surface area (Å²) in [6.07, 6.45) is 5.35. The molecule has 0 atom stereocenters. The molecule has 6 nitrogen and oxygen atoms in total. The maximum Gasteiger partial charge on any atom is 0.292 e. The minimum atomic E-state index is -0.317. The molecule has 2 aromatic heterocycles. The van der Waals surface area contributed by atoms with E-state index >= 15 is 0 Å². The van der Waals surface area contributed by atoms with E-state index in [1.54, 1.807) is 13.1 Å². The number of fused-ring (bicyclic) bond motifs is 1. The van der Waals surface area contributed by atoms with Crippen molar-refractivity contribution in [2.24, 2.45) is 11.3 Å². The van der Waals surface area contributed by atoms with Crippen LogP contribution >= 0.6 is 0 Å². The summed E-state index contributed by atoms with van der Waals surface area (Å²) in [7, 11) is 0. The molecule has 26 heavy (non-hydrogen) atoms. The third kappa shape index (κ3) is 2.97. The summed E-state index contributed by atoms with van der Waals surface area (Å²) in [6, 6.07) is 0. The molecule has 6 heteroatoms. The molecule has 138 valence electrons. The van der Waals surface area contributed by atoms with Crippen molar-refractivity contribution in [3.63, 3.8) is 0 Å². The van der Waals surface area contributed by atoms with Crippen LogP contribution in [-0.4, -0.2) is 21.5 Å². The zero-order valence-electron chi connectivity index (χ0n) is 15.8. The molecule has 0 saturated heterocycles. The highest BCUT2D eigenvalue weighted by atomic mass is 16.4. The van der Waals surface area contributed by atoms with Crippen molar-refractivity contribution in [2.45, 2.75) is 59.9 Å². The lowest BCUT2D eigenvalue weighted by atomic mass is 9.76. The van der Waals surface area contributed by atoms with Gasteiger partial charge >= 0.3 is 0 Å². The van der Waals surface area contributed by atoms with Gasteiger partial charge in [0.1, 0.15) is 11.6 Å². The second-order valence-electron chi connectivity index (χ2n) is 8.55. The van der Waals surface area contributed by atoms with Crippen molar-refractivity contribution >= 4 is 17.5 Å². The van der Waals surface area contributed by atoms with Crippen molar-refractivity contribution in [2.75, 3.05) is 5.32 Å². The van der Waals surface area contributed by atoms with E-state index in [2.05, 4.69) is 10.4 Å². The molecule has 2 aliphatic carbocycles. The second-order valence-corrected chi connectivity index (χ2v) is 8.55. The zero-order chi connectivity index (χ0) is 18.6. The number of anilines is 1. The van der Waals surface area contributed by atoms with Crippen molar-refractivity contribution in [1.29, 1.82) is 0 Å². The first-order chi connectivity index (χ1) is 12.2. The van der Waals surface area contributed by atoms with Crippen molar-refractivity contribution < 1.29 is 14.0 Å². The van der Waals surface area contributed by atoms with E-state index in [9.17, 15) is 9.59 Å². The molecule has 1 N–H and O–H groups in total. The fraction of sp³-hybridized carbons (Fsp3) is 0.550. The molecule has 2 aliphatic rings. The summed E-state index contributed by atoms with van der Waals surface area (Å²) < 4.78 is 7.72. The number of rotatable bonds is 4. The maximum atomic E-state index is 12.9. The van der Waals surface area contributed by atoms with Crippen LogP contribution in [0.3, 0.4) is 0 Å². The number of carbonyl (C=O) groups is 2. The van der Waals surface area contributed by atoms with Crippen molar-refractivity contribution in [3.05, 3.63) is 34.4 Å². The summed E-state index contributed by atoms with van der Waals surface area (Å²) >= 11 is 0. The van der Waals surface area contributed by atoms with E-state index in [0.717, 1.165) is 12.1 Å². The highest BCUT2D eigenvalue weighted by molar-refractivity contribution is 6.07. The molecule has 0 radical (unpaired) electrons. The van der Waals surface area contributed by atoms with Crippen LogP contribution in [0.2, 0.25) is 0 Å². The molecule has 2 heterocycles. The van der Waals surface area contributed by atoms with Gasteiger partial charge in [-0.1, -0.05) is 13.8 Å². The van der Waals surface area contributed by atoms with E-state index in [1.165, 1.54) is 12.8 Å². The van der Waals surface area contributed by atoms with Gasteiger partial charge in [0, 0.05) is 30.5 Å². The monoisotopic (exact) mass is 355 g/mol. The second kappa shape index (κ2) is 5.83. The summed E-state index contributed by atoms with van der Waals surface area (Å²) in [5.74, 6) is 1.98. The Kier molecular flexibility index (Phi) is 3.82. The van der Waals surface area contributed by atoms with E-state index in [1.807, 2.05) is 25.5 Å². The minimum Gasteiger partial charge on any atom is -0.455 e. The van der Waals surface area contributed by atoms with Gasteiger partial charge in [0.25, 0.3) is 5.91 Å². The Morgan fingerprint density at radius 2 is 2.08 bits per heavy atom. The van der Waals surface area contributed by atoms with Crippen molar-refractivity contribution in [1.82, 2.24) is 9.78 Å². The molecule has 0 spiro atoms. The Balaban J connectivity index is 1.62. The number of hydrogen-bond acceptors (Lipinski definition) is 4. The van der Waals surface area contributed by atoms with Gasteiger partial charge in [-0.25, -0.2) is 4.68 Å². The lowest BCUT2D eigenvalue weighted by Crippen LogP contribution is -2.26. The quantitative estimate of drug-likeness (QED) is 0.902. The Morgan fingerprint density at radius 1 is 1.35 bits per heavy atom. The topological polar surface area (TPSA) is 77.1 Å². The lowest BCUT2D eigenvalue weighted by Gasteiger charge is -2.27. The highest BCUT2D eigenvalue weighted by Gasteiger charge is 2.37. The smallest absolute Gasteiger partial charge is 0.292 e. The molecule has 0 bridgehead atoms. The van der Waals surface area contributed by atoms with E-state index in [-0.39, 0.29) is 22.9 Å². The summed E-state index contributed by atoms with van der Waals surface area (Å²) in [6.45, 7) is 8.64. The van der Waals surface area contributed by atoms with Crippen LogP contribution < -0.4 is 5.32 Å². The van der Waals surface area contributed by atoms with Crippen LogP contribution in [-0.2, 0) is 13.0 Å². The van der Waals surface area contributed by atoms with Crippen LogP contribution in [0.15, 0.2) is 10.6 Å². The lowest BCUT2D eigenvalue weighted by molar-refractivity contribution is 0.0898. The number of furan rings is 1. The number of carbonyl (C=O) groups excluding carboxylic acids is 2. The van der Waals surface area contributed by atoms with Gasteiger partial charge in [0.2, 0.25) is 0 Å². The number of nitrogens with zero attached hydrogens (tertiary/aromatic N) is 2. The molecular formula is C20H25N3O3. The Morgan fingerprint density at radius 3 is 2.77 bits per heavy atom. The standard InChI is InChI=1S/C20H25N3O3/c1-11-9-21-23(10-13-5-6-13)18(11)22-19(25)17-12(2)16-14(24)7-20(3,4)8-15(16)26-17/h9,13H,5-8,10H2,1-4H3,(H,22,25). The molecule has 0 unspecified atom stereocenters. The van der Waals surface area contributed by atoms with Crippen LogP contribution in [0.4, 0.5) is 5.82 Å². The number of amides is 1. The van der Waals surface area contributed by atoms with Gasteiger partial charge in [-0.15, -0.1) is 0 Å². The first kappa shape index (κ1) is 17.1. The van der Waals surface area contributed by atoms with Crippen LogP contribution in [0, 0.1) is 25.2 Å². The van der Waals surface area contributed by atoms with Gasteiger partial charge in [-0.2, -0.15) is 5.10 Å². The van der Waals surface area contributed by atoms with E-state index in [4.69, 9.17) is 4.42 Å². The third-order valence-corrected chi connectivity index (χ3v) is 5.37. The molecule has 1 saturated carbocycles. The summed E-state index contributed by atoms with van der Waals surface area (Å²) in [5.41, 5.74) is 2.02. The molecule has 0 aromatic carbocycles. The van der Waals surface area contributed by atoms with Crippen LogP contribution in [0.5, 0.6) is 0 Å². The van der Waals surface area contributed by atoms with Crippen molar-refractivity contribution in [3.8, 4) is 0 Å². The van der Waals surface area contributed by atoms with Gasteiger partial charge in [0.15, 0.2) is 11.5 Å². The molecule has 1 fully saturated rings. The number of ketones is 1. The van der Waals surface area contributed by atoms with Gasteiger partial charge < -0.3 is 9.73 Å². The zero-order valence-corrected chi connectivity index (χ0v) is 15.8. The molecule has 1 amide bonds. The van der Waals surface area contributed by atoms with Crippen LogP contribution in [0.25, 0.3) is 0 Å². The van der Waals surface area contributed by atoms with E-state index in [0.29, 0.717) is 41.5 Å². The average molecular weight is 355 g/mol. The van der Waals surface area contributed by atoms with Gasteiger partial charge in [-0.3, -0.25) is 9.59 Å². The summed E-state index contributed by atoms with van der Waals surface area (Å²) in [4.78, 5) is 25.4. The number of Topliss-reactive ketones (excluding diaryl/α,β-unsaturated/α-hetero) is 1. The molecule has 2 aromatic rings. The fourth-order valence-electron chi connectivity index (χ4n) is 3.79. The minimum absolute atomic E-state index is 0.0616. The predicted molar refractivity (Wildman–Crippen MR) is 97.5 cm³/mol. The molecule has 4 rings (SSSR count). The Bertz CT molecular complexity index is 900. The normalized spacial score (nSPS) is 18.7. The molecular weight excluding hydrogens is 330 g/mol. The first-order valence-electron chi connectivity index (χ1n) is 9.24. The number of hydrogen-bond donors (Lipinski definition) is 1. The SMILES string of the molecule is Cc1cnn(CC2CC2)c1NC(=O)c1oc2c(c1C)C(=O)CC(C)(C)C2. The fourth-order valence-corrected chi connectivity index (χ4v) is 3.79. The highest BCUT2D eigenvalue weighted by Crippen LogP contribution is 2.38. The van der Waals surface area contributed by atoms with Crippen LogP contribution in [0.1, 0.15) is 70.9 Å². The maximum absolute atomic E-state index is 12.9. The number of nitrogens with one attached hydrogen (secondary N) is 1. The number of aromatic nitrogens is 2. The Labute approximate surface area is 152 Å². The van der Waals surface area contributed by atoms with Gasteiger partial charge in [-0.05, 0) is 38.0 Å². The Hall–Kier alpha value is -2.37. The largest absolute Gasteiger partial charge is 0.455 e. The number of aryl methyl sites for hydroxylation is 1.